The molecule has 0 atom stereocenters. The molecule has 0 spiro atoms. The number of unbranched alkanes of at least 4 members (excludes halogenated alkanes) is 1. The molecule has 1 rings (SSSR count). The van der Waals surface area contributed by atoms with Crippen LogP contribution in [-0.2, 0) is 6.54 Å². The van der Waals surface area contributed by atoms with Crippen molar-refractivity contribution >= 4 is 5.69 Å². The summed E-state index contributed by atoms with van der Waals surface area (Å²) in [4.78, 5) is 12.2. The lowest BCUT2D eigenvalue weighted by molar-refractivity contribution is -0.386. The van der Waals surface area contributed by atoms with Crippen LogP contribution >= 0.6 is 0 Å². The SMILES string of the molecule is CCCCN(CCO)Cc1c(F)cccc1[N+](=O)[O-]. The zero-order chi connectivity index (χ0) is 14.3. The Balaban J connectivity index is 2.91. The standard InChI is InChI=1S/C13H19FN2O3/c1-2-3-7-15(8-9-17)10-11-12(14)5-4-6-13(11)16(18)19/h4-6,17H,2-3,7-10H2,1H3. The van der Waals surface area contributed by atoms with Crippen molar-refractivity contribution in [3.63, 3.8) is 0 Å². The van der Waals surface area contributed by atoms with E-state index in [1.54, 1.807) is 0 Å². The van der Waals surface area contributed by atoms with Crippen molar-refractivity contribution in [2.45, 2.75) is 26.3 Å². The molecule has 106 valence electrons. The van der Waals surface area contributed by atoms with Crippen molar-refractivity contribution < 1.29 is 14.4 Å². The number of rotatable bonds is 8. The van der Waals surface area contributed by atoms with E-state index in [-0.39, 0.29) is 24.4 Å². The maximum atomic E-state index is 13.7. The minimum absolute atomic E-state index is 0.0496. The van der Waals surface area contributed by atoms with Gasteiger partial charge < -0.3 is 5.11 Å². The molecule has 1 aromatic carbocycles. The molecule has 0 aromatic heterocycles. The number of halogens is 1. The molecule has 0 unspecified atom stereocenters. The third-order valence-corrected chi connectivity index (χ3v) is 2.92. The lowest BCUT2D eigenvalue weighted by atomic mass is 10.1. The van der Waals surface area contributed by atoms with Gasteiger partial charge in [-0.15, -0.1) is 0 Å². The second-order valence-corrected chi connectivity index (χ2v) is 4.35. The van der Waals surface area contributed by atoms with Gasteiger partial charge in [-0.3, -0.25) is 15.0 Å². The van der Waals surface area contributed by atoms with Gasteiger partial charge in [0.05, 0.1) is 17.1 Å². The number of benzene rings is 1. The van der Waals surface area contributed by atoms with Crippen molar-refractivity contribution in [2.24, 2.45) is 0 Å². The summed E-state index contributed by atoms with van der Waals surface area (Å²) >= 11 is 0. The molecular weight excluding hydrogens is 251 g/mol. The van der Waals surface area contributed by atoms with Crippen molar-refractivity contribution in [1.29, 1.82) is 0 Å². The zero-order valence-electron chi connectivity index (χ0n) is 11.0. The van der Waals surface area contributed by atoms with Crippen LogP contribution in [0.15, 0.2) is 18.2 Å². The van der Waals surface area contributed by atoms with E-state index in [0.29, 0.717) is 13.1 Å². The predicted molar refractivity (Wildman–Crippen MR) is 70.3 cm³/mol. The molecule has 0 heterocycles. The van der Waals surface area contributed by atoms with E-state index in [2.05, 4.69) is 0 Å². The van der Waals surface area contributed by atoms with E-state index in [4.69, 9.17) is 5.11 Å². The zero-order valence-corrected chi connectivity index (χ0v) is 11.0. The van der Waals surface area contributed by atoms with E-state index in [9.17, 15) is 14.5 Å². The summed E-state index contributed by atoms with van der Waals surface area (Å²) in [7, 11) is 0. The molecule has 19 heavy (non-hydrogen) atoms. The molecule has 5 nitrogen and oxygen atoms in total. The summed E-state index contributed by atoms with van der Waals surface area (Å²) in [5.74, 6) is -0.575. The smallest absolute Gasteiger partial charge is 0.276 e. The first kappa shape index (κ1) is 15.5. The van der Waals surface area contributed by atoms with E-state index in [0.717, 1.165) is 12.8 Å². The van der Waals surface area contributed by atoms with Crippen LogP contribution in [0, 0.1) is 15.9 Å². The fourth-order valence-electron chi connectivity index (χ4n) is 1.89. The van der Waals surface area contributed by atoms with Crippen LogP contribution in [0.5, 0.6) is 0 Å². The van der Waals surface area contributed by atoms with Gasteiger partial charge in [-0.2, -0.15) is 0 Å². The molecule has 0 aliphatic rings. The number of nitro benzene ring substituents is 1. The Morgan fingerprint density at radius 2 is 2.16 bits per heavy atom. The van der Waals surface area contributed by atoms with Crippen molar-refractivity contribution in [1.82, 2.24) is 4.90 Å². The quantitative estimate of drug-likeness (QED) is 0.581. The van der Waals surface area contributed by atoms with Gasteiger partial charge in [-0.1, -0.05) is 19.4 Å². The molecule has 0 amide bonds. The van der Waals surface area contributed by atoms with Crippen molar-refractivity contribution in [3.05, 3.63) is 39.7 Å². The summed E-state index contributed by atoms with van der Waals surface area (Å²) in [6, 6.07) is 3.86. The molecule has 0 aliphatic carbocycles. The number of hydrogen-bond donors (Lipinski definition) is 1. The van der Waals surface area contributed by atoms with Crippen molar-refractivity contribution in [3.8, 4) is 0 Å². The molecular formula is C13H19FN2O3. The Hall–Kier alpha value is -1.53. The van der Waals surface area contributed by atoms with Crippen LogP contribution in [0.2, 0.25) is 0 Å². The number of nitrogens with zero attached hydrogens (tertiary/aromatic N) is 2. The normalized spacial score (nSPS) is 10.9. The van der Waals surface area contributed by atoms with Crippen LogP contribution < -0.4 is 0 Å². The van der Waals surface area contributed by atoms with E-state index < -0.39 is 10.7 Å². The molecule has 0 saturated heterocycles. The Morgan fingerprint density at radius 3 is 2.74 bits per heavy atom. The van der Waals surface area contributed by atoms with Crippen molar-refractivity contribution in [2.75, 3.05) is 19.7 Å². The van der Waals surface area contributed by atoms with Crippen LogP contribution in [0.3, 0.4) is 0 Å². The molecule has 1 aromatic rings. The number of aliphatic hydroxyl groups is 1. The topological polar surface area (TPSA) is 66.6 Å². The van der Waals surface area contributed by atoms with Gasteiger partial charge in [0.1, 0.15) is 5.82 Å². The maximum absolute atomic E-state index is 13.7. The molecule has 1 N–H and O–H groups in total. The number of aliphatic hydroxyl groups excluding tert-OH is 1. The highest BCUT2D eigenvalue weighted by Gasteiger charge is 2.19. The molecule has 0 saturated carbocycles. The van der Waals surface area contributed by atoms with Crippen LogP contribution in [-0.4, -0.2) is 34.6 Å². The highest BCUT2D eigenvalue weighted by atomic mass is 19.1. The lowest BCUT2D eigenvalue weighted by Crippen LogP contribution is -2.28. The minimum Gasteiger partial charge on any atom is -0.395 e. The lowest BCUT2D eigenvalue weighted by Gasteiger charge is -2.21. The Kier molecular flexibility index (Phi) is 6.38. The van der Waals surface area contributed by atoms with Gasteiger partial charge in [0.2, 0.25) is 0 Å². The highest BCUT2D eigenvalue weighted by Crippen LogP contribution is 2.23. The van der Waals surface area contributed by atoms with E-state index in [1.807, 2.05) is 11.8 Å². The van der Waals surface area contributed by atoms with Crippen LogP contribution in [0.25, 0.3) is 0 Å². The Morgan fingerprint density at radius 1 is 1.42 bits per heavy atom. The number of hydrogen-bond acceptors (Lipinski definition) is 4. The first-order valence-electron chi connectivity index (χ1n) is 6.35. The Bertz CT molecular complexity index is 426. The van der Waals surface area contributed by atoms with Gasteiger partial charge in [-0.25, -0.2) is 4.39 Å². The molecule has 0 aliphatic heterocycles. The van der Waals surface area contributed by atoms with Crippen LogP contribution in [0.1, 0.15) is 25.3 Å². The monoisotopic (exact) mass is 270 g/mol. The molecule has 0 bridgehead atoms. The van der Waals surface area contributed by atoms with Gasteiger partial charge in [0.25, 0.3) is 5.69 Å². The van der Waals surface area contributed by atoms with E-state index >= 15 is 0 Å². The Labute approximate surface area is 111 Å². The van der Waals surface area contributed by atoms with Crippen LogP contribution in [0.4, 0.5) is 10.1 Å². The fraction of sp³-hybridized carbons (Fsp3) is 0.538. The largest absolute Gasteiger partial charge is 0.395 e. The molecule has 0 fully saturated rings. The molecule has 6 heteroatoms. The average molecular weight is 270 g/mol. The summed E-state index contributed by atoms with van der Waals surface area (Å²) in [6.07, 6.45) is 1.88. The second kappa shape index (κ2) is 7.81. The summed E-state index contributed by atoms with van der Waals surface area (Å²) in [5, 5.41) is 19.9. The molecule has 0 radical (unpaired) electrons. The fourth-order valence-corrected chi connectivity index (χ4v) is 1.89. The maximum Gasteiger partial charge on any atom is 0.276 e. The summed E-state index contributed by atoms with van der Waals surface area (Å²) in [6.45, 7) is 3.19. The summed E-state index contributed by atoms with van der Waals surface area (Å²) in [5.41, 5.74) is -0.128. The average Bonchev–Trinajstić information content (AvgIpc) is 2.38. The first-order chi connectivity index (χ1) is 9.10. The third-order valence-electron chi connectivity index (χ3n) is 2.92. The van der Waals surface area contributed by atoms with Gasteiger partial charge in [0.15, 0.2) is 0 Å². The van der Waals surface area contributed by atoms with E-state index in [1.165, 1.54) is 18.2 Å². The highest BCUT2D eigenvalue weighted by molar-refractivity contribution is 5.40. The first-order valence-corrected chi connectivity index (χ1v) is 6.35. The third kappa shape index (κ3) is 4.57. The van der Waals surface area contributed by atoms with Gasteiger partial charge >= 0.3 is 0 Å². The number of nitro groups is 1. The minimum atomic E-state index is -0.575. The van der Waals surface area contributed by atoms with Gasteiger partial charge in [0, 0.05) is 19.2 Å². The van der Waals surface area contributed by atoms with Gasteiger partial charge in [-0.05, 0) is 19.0 Å². The predicted octanol–water partition coefficient (Wildman–Crippen LogP) is 2.33. The summed E-state index contributed by atoms with van der Waals surface area (Å²) < 4.78 is 13.7. The second-order valence-electron chi connectivity index (χ2n) is 4.35.